The van der Waals surface area contributed by atoms with E-state index in [4.69, 9.17) is 25.6 Å². The normalized spacial score (nSPS) is 10.3. The van der Waals surface area contributed by atoms with Gasteiger partial charge < -0.3 is 19.3 Å². The van der Waals surface area contributed by atoms with Crippen molar-refractivity contribution in [3.05, 3.63) is 40.2 Å². The van der Waals surface area contributed by atoms with Crippen molar-refractivity contribution in [3.8, 4) is 5.75 Å². The first-order valence-corrected chi connectivity index (χ1v) is 7.59. The number of carbonyl (C=O) groups is 2. The van der Waals surface area contributed by atoms with Crippen LogP contribution in [0.15, 0.2) is 22.7 Å². The van der Waals surface area contributed by atoms with E-state index in [1.807, 2.05) is 6.92 Å². The Labute approximate surface area is 143 Å². The zero-order chi connectivity index (χ0) is 17.7. The van der Waals surface area contributed by atoms with Crippen LogP contribution in [-0.2, 0) is 16.0 Å². The molecule has 1 amide bonds. The number of nitrogens with one attached hydrogen (secondary N) is 1. The Morgan fingerprint density at radius 2 is 2.12 bits per heavy atom. The number of aryl methyl sites for hydroxylation is 2. The molecule has 1 aromatic heterocycles. The number of esters is 1. The molecule has 0 saturated carbocycles. The van der Waals surface area contributed by atoms with Gasteiger partial charge in [-0.2, -0.15) is 0 Å². The molecule has 0 fully saturated rings. The van der Waals surface area contributed by atoms with E-state index in [0.717, 1.165) is 0 Å². The van der Waals surface area contributed by atoms with Crippen LogP contribution < -0.4 is 10.1 Å². The summed E-state index contributed by atoms with van der Waals surface area (Å²) in [5.41, 5.74) is 1.14. The highest BCUT2D eigenvalue weighted by atomic mass is 35.5. The van der Waals surface area contributed by atoms with Crippen molar-refractivity contribution >= 4 is 29.2 Å². The standard InChI is InChI=1S/C16H17ClN2O5/c1-4-11-15(9(2)24-19-11)16(21)23-8-14(20)18-12-7-10(17)5-6-13(12)22-3/h5-7H,4,8H2,1-3H3,(H,18,20). The topological polar surface area (TPSA) is 90.7 Å². The fourth-order valence-corrected chi connectivity index (χ4v) is 2.26. The number of hydrogen-bond donors (Lipinski definition) is 1. The summed E-state index contributed by atoms with van der Waals surface area (Å²) in [7, 11) is 1.47. The third-order valence-corrected chi connectivity index (χ3v) is 3.48. The third kappa shape index (κ3) is 4.05. The van der Waals surface area contributed by atoms with Crippen LogP contribution in [0, 0.1) is 6.92 Å². The zero-order valence-corrected chi connectivity index (χ0v) is 14.3. The van der Waals surface area contributed by atoms with Crippen molar-refractivity contribution in [2.75, 3.05) is 19.0 Å². The van der Waals surface area contributed by atoms with Gasteiger partial charge in [-0.05, 0) is 31.5 Å². The molecule has 0 saturated heterocycles. The highest BCUT2D eigenvalue weighted by Crippen LogP contribution is 2.27. The van der Waals surface area contributed by atoms with Gasteiger partial charge in [0.05, 0.1) is 18.5 Å². The van der Waals surface area contributed by atoms with Gasteiger partial charge in [0.25, 0.3) is 5.91 Å². The minimum absolute atomic E-state index is 0.255. The third-order valence-electron chi connectivity index (χ3n) is 3.24. The van der Waals surface area contributed by atoms with Crippen molar-refractivity contribution in [3.63, 3.8) is 0 Å². The van der Waals surface area contributed by atoms with Gasteiger partial charge >= 0.3 is 5.97 Å². The SMILES string of the molecule is CCc1noc(C)c1C(=O)OCC(=O)Nc1cc(Cl)ccc1OC. The maximum atomic E-state index is 12.1. The average molecular weight is 353 g/mol. The van der Waals surface area contributed by atoms with Crippen LogP contribution >= 0.6 is 11.6 Å². The van der Waals surface area contributed by atoms with Gasteiger partial charge in [-0.1, -0.05) is 23.7 Å². The van der Waals surface area contributed by atoms with Crippen LogP contribution in [-0.4, -0.2) is 30.7 Å². The van der Waals surface area contributed by atoms with E-state index in [0.29, 0.717) is 34.3 Å². The van der Waals surface area contributed by atoms with Gasteiger partial charge in [0.2, 0.25) is 0 Å². The number of methoxy groups -OCH3 is 1. The molecule has 0 bridgehead atoms. The molecule has 0 unspecified atom stereocenters. The van der Waals surface area contributed by atoms with Gasteiger partial charge in [-0.3, -0.25) is 4.79 Å². The molecule has 0 atom stereocenters. The number of ether oxygens (including phenoxy) is 2. The molecule has 0 aliphatic rings. The molecule has 1 N–H and O–H groups in total. The highest BCUT2D eigenvalue weighted by molar-refractivity contribution is 6.31. The van der Waals surface area contributed by atoms with Crippen LogP contribution in [0.1, 0.15) is 28.7 Å². The Morgan fingerprint density at radius 3 is 2.79 bits per heavy atom. The molecule has 0 aliphatic heterocycles. The summed E-state index contributed by atoms with van der Waals surface area (Å²) >= 11 is 5.89. The summed E-state index contributed by atoms with van der Waals surface area (Å²) in [5, 5.41) is 6.80. The average Bonchev–Trinajstić information content (AvgIpc) is 2.93. The Morgan fingerprint density at radius 1 is 1.38 bits per heavy atom. The van der Waals surface area contributed by atoms with Gasteiger partial charge in [0, 0.05) is 5.02 Å². The van der Waals surface area contributed by atoms with Crippen molar-refractivity contribution in [2.45, 2.75) is 20.3 Å². The van der Waals surface area contributed by atoms with E-state index in [1.165, 1.54) is 7.11 Å². The number of aromatic nitrogens is 1. The molecule has 1 aromatic carbocycles. The van der Waals surface area contributed by atoms with Gasteiger partial charge in [0.15, 0.2) is 6.61 Å². The van der Waals surface area contributed by atoms with Gasteiger partial charge in [-0.25, -0.2) is 4.79 Å². The number of halogens is 1. The molecular formula is C16H17ClN2O5. The molecule has 1 heterocycles. The minimum Gasteiger partial charge on any atom is -0.495 e. The van der Waals surface area contributed by atoms with E-state index >= 15 is 0 Å². The van der Waals surface area contributed by atoms with Crippen LogP contribution in [0.3, 0.4) is 0 Å². The van der Waals surface area contributed by atoms with E-state index < -0.39 is 18.5 Å². The number of anilines is 1. The second-order valence-electron chi connectivity index (χ2n) is 4.88. The van der Waals surface area contributed by atoms with E-state index in [1.54, 1.807) is 25.1 Å². The van der Waals surface area contributed by atoms with Crippen LogP contribution in [0.5, 0.6) is 5.75 Å². The fraction of sp³-hybridized carbons (Fsp3) is 0.312. The van der Waals surface area contributed by atoms with Crippen molar-refractivity contribution in [1.29, 1.82) is 0 Å². The molecular weight excluding hydrogens is 336 g/mol. The molecule has 128 valence electrons. The van der Waals surface area contributed by atoms with Crippen LogP contribution in [0.25, 0.3) is 0 Å². The number of hydrogen-bond acceptors (Lipinski definition) is 6. The number of nitrogens with zero attached hydrogens (tertiary/aromatic N) is 1. The van der Waals surface area contributed by atoms with Gasteiger partial charge in [0.1, 0.15) is 17.1 Å². The lowest BCUT2D eigenvalue weighted by Crippen LogP contribution is -2.21. The Hall–Kier alpha value is -2.54. The first kappa shape index (κ1) is 17.8. The Balaban J connectivity index is 2.00. The smallest absolute Gasteiger partial charge is 0.344 e. The maximum Gasteiger partial charge on any atom is 0.344 e. The molecule has 2 aromatic rings. The Bertz CT molecular complexity index is 757. The summed E-state index contributed by atoms with van der Waals surface area (Å²) in [4.78, 5) is 24.1. The lowest BCUT2D eigenvalue weighted by atomic mass is 10.1. The summed E-state index contributed by atoms with van der Waals surface area (Å²) in [6.07, 6.45) is 0.522. The van der Waals surface area contributed by atoms with Gasteiger partial charge in [-0.15, -0.1) is 0 Å². The minimum atomic E-state index is -0.654. The van der Waals surface area contributed by atoms with Crippen molar-refractivity contribution in [1.82, 2.24) is 5.16 Å². The largest absolute Gasteiger partial charge is 0.495 e. The lowest BCUT2D eigenvalue weighted by Gasteiger charge is -2.10. The fourth-order valence-electron chi connectivity index (χ4n) is 2.09. The predicted molar refractivity (Wildman–Crippen MR) is 87.5 cm³/mol. The van der Waals surface area contributed by atoms with E-state index in [2.05, 4.69) is 10.5 Å². The monoisotopic (exact) mass is 352 g/mol. The number of benzene rings is 1. The molecule has 0 aliphatic carbocycles. The van der Waals surface area contributed by atoms with Crippen molar-refractivity contribution in [2.24, 2.45) is 0 Å². The number of amides is 1. The van der Waals surface area contributed by atoms with Crippen LogP contribution in [0.4, 0.5) is 5.69 Å². The molecule has 2 rings (SSSR count). The lowest BCUT2D eigenvalue weighted by molar-refractivity contribution is -0.119. The number of carbonyl (C=O) groups excluding carboxylic acids is 2. The summed E-state index contributed by atoms with van der Waals surface area (Å²) in [6.45, 7) is 2.99. The first-order chi connectivity index (χ1) is 11.5. The maximum absolute atomic E-state index is 12.1. The second kappa shape index (κ2) is 7.83. The number of rotatable bonds is 6. The summed E-state index contributed by atoms with van der Waals surface area (Å²) < 4.78 is 15.1. The molecule has 0 radical (unpaired) electrons. The molecule has 7 nitrogen and oxygen atoms in total. The molecule has 0 spiro atoms. The second-order valence-corrected chi connectivity index (χ2v) is 5.32. The zero-order valence-electron chi connectivity index (χ0n) is 13.5. The quantitative estimate of drug-likeness (QED) is 0.804. The predicted octanol–water partition coefficient (Wildman–Crippen LogP) is 3.00. The Kier molecular flexibility index (Phi) is 5.81. The van der Waals surface area contributed by atoms with Crippen molar-refractivity contribution < 1.29 is 23.6 Å². The van der Waals surface area contributed by atoms with E-state index in [9.17, 15) is 9.59 Å². The first-order valence-electron chi connectivity index (χ1n) is 7.21. The van der Waals surface area contributed by atoms with E-state index in [-0.39, 0.29) is 5.56 Å². The highest BCUT2D eigenvalue weighted by Gasteiger charge is 2.21. The van der Waals surface area contributed by atoms with Crippen LogP contribution in [0.2, 0.25) is 5.02 Å². The summed E-state index contributed by atoms with van der Waals surface area (Å²) in [6, 6.07) is 4.80. The summed E-state index contributed by atoms with van der Waals surface area (Å²) in [5.74, 6) is -0.370. The molecule has 24 heavy (non-hydrogen) atoms. The molecule has 8 heteroatoms.